The lowest BCUT2D eigenvalue weighted by atomic mass is 10.1. The molecule has 3 aromatic rings. The van der Waals surface area contributed by atoms with Crippen molar-refractivity contribution in [3.05, 3.63) is 71.9 Å². The van der Waals surface area contributed by atoms with Gasteiger partial charge >= 0.3 is 6.03 Å². The molecule has 2 amide bonds. The van der Waals surface area contributed by atoms with E-state index in [0.29, 0.717) is 11.6 Å². The van der Waals surface area contributed by atoms with Gasteiger partial charge in [0.25, 0.3) is 0 Å². The minimum atomic E-state index is -0.487. The minimum absolute atomic E-state index is 0.158. The zero-order chi connectivity index (χ0) is 16.9. The van der Waals surface area contributed by atoms with Gasteiger partial charge in [-0.25, -0.2) is 9.86 Å². The van der Waals surface area contributed by atoms with Crippen molar-refractivity contribution in [2.75, 3.05) is 6.54 Å². The summed E-state index contributed by atoms with van der Waals surface area (Å²) in [6.07, 6.45) is 2.06. The molecule has 3 rings (SSSR count). The number of benzene rings is 2. The van der Waals surface area contributed by atoms with Crippen LogP contribution in [0.25, 0.3) is 10.9 Å². The third-order valence-corrected chi connectivity index (χ3v) is 3.93. The Balaban J connectivity index is 1.77. The van der Waals surface area contributed by atoms with Crippen LogP contribution >= 0.6 is 0 Å². The van der Waals surface area contributed by atoms with E-state index in [1.54, 1.807) is 0 Å². The van der Waals surface area contributed by atoms with E-state index >= 15 is 0 Å². The zero-order valence-electron chi connectivity index (χ0n) is 13.6. The number of fused-ring (bicyclic) bond motifs is 1. The Morgan fingerprint density at radius 1 is 1.12 bits per heavy atom. The second-order valence-electron chi connectivity index (χ2n) is 5.72. The molecule has 0 aliphatic carbocycles. The van der Waals surface area contributed by atoms with Crippen LogP contribution in [0.4, 0.5) is 4.79 Å². The van der Waals surface area contributed by atoms with Crippen LogP contribution in [0.3, 0.4) is 0 Å². The Morgan fingerprint density at radius 2 is 1.92 bits per heavy atom. The number of aromatic nitrogens is 1. The lowest BCUT2D eigenvalue weighted by Crippen LogP contribution is -2.37. The van der Waals surface area contributed by atoms with Gasteiger partial charge < -0.3 is 9.88 Å². The van der Waals surface area contributed by atoms with Crippen molar-refractivity contribution < 1.29 is 10.0 Å². The highest BCUT2D eigenvalue weighted by Crippen LogP contribution is 2.20. The van der Waals surface area contributed by atoms with Crippen LogP contribution in [0.5, 0.6) is 0 Å². The molecular formula is C19H21N3O2. The molecule has 1 heterocycles. The number of rotatable bonds is 5. The van der Waals surface area contributed by atoms with E-state index in [1.165, 1.54) is 5.56 Å². The van der Waals surface area contributed by atoms with Crippen LogP contribution in [0.2, 0.25) is 0 Å². The van der Waals surface area contributed by atoms with Crippen molar-refractivity contribution in [3.63, 3.8) is 0 Å². The van der Waals surface area contributed by atoms with Crippen molar-refractivity contribution in [1.82, 2.24) is 14.9 Å². The highest BCUT2D eigenvalue weighted by atomic mass is 16.5. The molecule has 1 aromatic heterocycles. The monoisotopic (exact) mass is 323 g/mol. The van der Waals surface area contributed by atoms with Gasteiger partial charge in [0.05, 0.1) is 6.54 Å². The number of nitrogens with one attached hydrogen (secondary N) is 1. The van der Waals surface area contributed by atoms with Crippen molar-refractivity contribution in [1.29, 1.82) is 0 Å². The summed E-state index contributed by atoms with van der Waals surface area (Å²) >= 11 is 0. The number of hydrogen-bond acceptors (Lipinski definition) is 2. The van der Waals surface area contributed by atoms with Crippen molar-refractivity contribution >= 4 is 16.9 Å². The predicted octanol–water partition coefficient (Wildman–Crippen LogP) is 3.61. The molecule has 0 bridgehead atoms. The highest BCUT2D eigenvalue weighted by Gasteiger charge is 2.11. The molecule has 5 heteroatoms. The van der Waals surface area contributed by atoms with Crippen molar-refractivity contribution in [3.8, 4) is 0 Å². The number of amides is 2. The molecule has 2 aromatic carbocycles. The van der Waals surface area contributed by atoms with Gasteiger partial charge in [0.15, 0.2) is 0 Å². The van der Waals surface area contributed by atoms with Gasteiger partial charge in [0.2, 0.25) is 0 Å². The SMILES string of the molecule is CCNC(=O)N(O)Cc1ccc2c(ccn2Cc2ccccc2)c1. The molecule has 0 unspecified atom stereocenters. The predicted molar refractivity (Wildman–Crippen MR) is 93.9 cm³/mol. The van der Waals surface area contributed by atoms with Crippen LogP contribution in [-0.2, 0) is 13.1 Å². The molecule has 0 aliphatic heterocycles. The minimum Gasteiger partial charge on any atom is -0.343 e. The van der Waals surface area contributed by atoms with E-state index in [-0.39, 0.29) is 6.54 Å². The number of carbonyl (C=O) groups is 1. The average Bonchev–Trinajstić information content (AvgIpc) is 2.98. The summed E-state index contributed by atoms with van der Waals surface area (Å²) in [6.45, 7) is 3.27. The fraction of sp³-hybridized carbons (Fsp3) is 0.211. The molecular weight excluding hydrogens is 302 g/mol. The quantitative estimate of drug-likeness (QED) is 0.557. The van der Waals surface area contributed by atoms with E-state index < -0.39 is 6.03 Å². The number of nitrogens with zero attached hydrogens (tertiary/aromatic N) is 2. The Bertz CT molecular complexity index is 827. The third-order valence-electron chi connectivity index (χ3n) is 3.93. The normalized spacial score (nSPS) is 10.8. The average molecular weight is 323 g/mol. The standard InChI is InChI=1S/C19H21N3O2/c1-2-20-19(23)22(24)14-16-8-9-18-17(12-16)10-11-21(18)13-15-6-4-3-5-7-15/h3-12,24H,2,13-14H2,1H3,(H,20,23). The van der Waals surface area contributed by atoms with Crippen molar-refractivity contribution in [2.24, 2.45) is 0 Å². The number of carbonyl (C=O) groups excluding carboxylic acids is 1. The fourth-order valence-corrected chi connectivity index (χ4v) is 2.75. The molecule has 0 saturated heterocycles. The Labute approximate surface area is 141 Å². The largest absolute Gasteiger partial charge is 0.343 e. The molecule has 0 saturated carbocycles. The lowest BCUT2D eigenvalue weighted by Gasteiger charge is -2.15. The fourth-order valence-electron chi connectivity index (χ4n) is 2.75. The molecule has 0 aliphatic rings. The van der Waals surface area contributed by atoms with Crippen LogP contribution in [0, 0.1) is 0 Å². The van der Waals surface area contributed by atoms with Crippen molar-refractivity contribution in [2.45, 2.75) is 20.0 Å². The van der Waals surface area contributed by atoms with Gasteiger partial charge in [0.1, 0.15) is 0 Å². The number of urea groups is 1. The summed E-state index contributed by atoms with van der Waals surface area (Å²) in [7, 11) is 0. The summed E-state index contributed by atoms with van der Waals surface area (Å²) in [5.41, 5.74) is 3.26. The van der Waals surface area contributed by atoms with E-state index in [4.69, 9.17) is 0 Å². The third kappa shape index (κ3) is 3.58. The first kappa shape index (κ1) is 16.1. The zero-order valence-corrected chi connectivity index (χ0v) is 13.6. The van der Waals surface area contributed by atoms with Crippen LogP contribution < -0.4 is 5.32 Å². The van der Waals surface area contributed by atoms with Gasteiger partial charge in [-0.3, -0.25) is 5.21 Å². The smallest absolute Gasteiger partial charge is 0.341 e. The molecule has 24 heavy (non-hydrogen) atoms. The summed E-state index contributed by atoms with van der Waals surface area (Å²) < 4.78 is 2.19. The summed E-state index contributed by atoms with van der Waals surface area (Å²) in [6, 6.07) is 17.8. The summed E-state index contributed by atoms with van der Waals surface area (Å²) in [5, 5.41) is 14.1. The first-order valence-corrected chi connectivity index (χ1v) is 8.03. The maximum atomic E-state index is 11.6. The summed E-state index contributed by atoms with van der Waals surface area (Å²) in [4.78, 5) is 11.6. The maximum Gasteiger partial charge on any atom is 0.341 e. The molecule has 0 spiro atoms. The van der Waals surface area contributed by atoms with Gasteiger partial charge in [-0.2, -0.15) is 0 Å². The van der Waals surface area contributed by atoms with Gasteiger partial charge in [-0.05, 0) is 41.6 Å². The van der Waals surface area contributed by atoms with Crippen LogP contribution in [0.1, 0.15) is 18.1 Å². The molecule has 5 nitrogen and oxygen atoms in total. The molecule has 124 valence electrons. The van der Waals surface area contributed by atoms with Crippen LogP contribution in [0.15, 0.2) is 60.8 Å². The number of hydroxylamine groups is 2. The number of hydrogen-bond donors (Lipinski definition) is 2. The van der Waals surface area contributed by atoms with E-state index in [0.717, 1.165) is 23.0 Å². The van der Waals surface area contributed by atoms with Gasteiger partial charge in [-0.1, -0.05) is 36.4 Å². The Hall–Kier alpha value is -2.79. The van der Waals surface area contributed by atoms with E-state index in [9.17, 15) is 10.0 Å². The van der Waals surface area contributed by atoms with E-state index in [2.05, 4.69) is 34.3 Å². The lowest BCUT2D eigenvalue weighted by molar-refractivity contribution is -0.0505. The van der Waals surface area contributed by atoms with Crippen LogP contribution in [-0.4, -0.2) is 27.4 Å². The summed E-state index contributed by atoms with van der Waals surface area (Å²) in [5.74, 6) is 0. The topological polar surface area (TPSA) is 57.5 Å². The second kappa shape index (κ2) is 7.19. The second-order valence-corrected chi connectivity index (χ2v) is 5.72. The van der Waals surface area contributed by atoms with Gasteiger partial charge in [0, 0.05) is 24.8 Å². The molecule has 0 fully saturated rings. The first-order valence-electron chi connectivity index (χ1n) is 8.03. The maximum absolute atomic E-state index is 11.6. The molecule has 0 radical (unpaired) electrons. The Kier molecular flexibility index (Phi) is 4.82. The molecule has 2 N–H and O–H groups in total. The first-order chi connectivity index (χ1) is 11.7. The van der Waals surface area contributed by atoms with E-state index in [1.807, 2.05) is 43.3 Å². The highest BCUT2D eigenvalue weighted by molar-refractivity contribution is 5.81. The van der Waals surface area contributed by atoms with Gasteiger partial charge in [-0.15, -0.1) is 0 Å². The molecule has 0 atom stereocenters. The Morgan fingerprint density at radius 3 is 2.67 bits per heavy atom.